The van der Waals surface area contributed by atoms with Gasteiger partial charge in [-0.25, -0.2) is 0 Å². The van der Waals surface area contributed by atoms with Crippen molar-refractivity contribution in [1.82, 2.24) is 4.57 Å². The topological polar surface area (TPSA) is 65.2 Å². The van der Waals surface area contributed by atoms with Crippen molar-refractivity contribution in [2.45, 2.75) is 98.5 Å². The van der Waals surface area contributed by atoms with E-state index < -0.39 is 18.3 Å². The first-order valence-electron chi connectivity index (χ1n) is 13.3. The average molecular weight is 494 g/mol. The number of allylic oxidation sites excluding steroid dienone is 1. The summed E-state index contributed by atoms with van der Waals surface area (Å²) in [6.07, 6.45) is 4.47. The van der Waals surface area contributed by atoms with Crippen LogP contribution in [0, 0.1) is 5.41 Å². The van der Waals surface area contributed by atoms with Crippen LogP contribution < -0.4 is 5.46 Å². The van der Waals surface area contributed by atoms with E-state index in [-0.39, 0.29) is 18.1 Å². The monoisotopic (exact) mass is 494 g/mol. The Hall–Kier alpha value is -1.93. The van der Waals surface area contributed by atoms with Crippen LogP contribution in [0.2, 0.25) is 0 Å². The SMILES string of the molecule is CCn1c(C2=C([C@H](C)OC)N=CCC2)c(CC(C)(C)CO)c2cc(B3OC(C)(C)C(C)(C)O3)ccc21. The van der Waals surface area contributed by atoms with E-state index in [1.54, 1.807) is 7.11 Å². The number of hydrogen-bond donors (Lipinski definition) is 1. The summed E-state index contributed by atoms with van der Waals surface area (Å²) < 4.78 is 20.9. The Morgan fingerprint density at radius 1 is 1.19 bits per heavy atom. The molecule has 0 aliphatic carbocycles. The first-order valence-corrected chi connectivity index (χ1v) is 13.3. The summed E-state index contributed by atoms with van der Waals surface area (Å²) in [5.41, 5.74) is 5.84. The zero-order valence-corrected chi connectivity index (χ0v) is 23.6. The van der Waals surface area contributed by atoms with E-state index in [9.17, 15) is 5.11 Å². The summed E-state index contributed by atoms with van der Waals surface area (Å²) in [4.78, 5) is 4.80. The molecule has 2 aromatic rings. The van der Waals surface area contributed by atoms with Gasteiger partial charge in [-0.2, -0.15) is 0 Å². The predicted molar refractivity (Wildman–Crippen MR) is 149 cm³/mol. The normalized spacial score (nSPS) is 20.6. The van der Waals surface area contributed by atoms with Crippen molar-refractivity contribution in [2.75, 3.05) is 13.7 Å². The molecule has 36 heavy (non-hydrogen) atoms. The molecule has 1 fully saturated rings. The van der Waals surface area contributed by atoms with E-state index in [2.05, 4.69) is 78.2 Å². The van der Waals surface area contributed by atoms with Gasteiger partial charge in [0.25, 0.3) is 0 Å². The number of fused-ring (bicyclic) bond motifs is 1. The van der Waals surface area contributed by atoms with Crippen molar-refractivity contribution < 1.29 is 19.2 Å². The Balaban J connectivity index is 1.97. The third-order valence-corrected chi connectivity index (χ3v) is 8.20. The van der Waals surface area contributed by atoms with E-state index in [4.69, 9.17) is 19.0 Å². The smallest absolute Gasteiger partial charge is 0.399 e. The third-order valence-electron chi connectivity index (χ3n) is 8.20. The Bertz CT molecular complexity index is 1180. The van der Waals surface area contributed by atoms with Crippen LogP contribution in [-0.4, -0.2) is 54.0 Å². The van der Waals surface area contributed by atoms with E-state index >= 15 is 0 Å². The fourth-order valence-electron chi connectivity index (χ4n) is 5.23. The quantitative estimate of drug-likeness (QED) is 0.517. The molecule has 0 amide bonds. The van der Waals surface area contributed by atoms with Gasteiger partial charge >= 0.3 is 7.12 Å². The lowest BCUT2D eigenvalue weighted by molar-refractivity contribution is 0.00578. The third kappa shape index (κ3) is 4.71. The van der Waals surface area contributed by atoms with Crippen molar-refractivity contribution in [3.05, 3.63) is 35.2 Å². The fraction of sp³-hybridized carbons (Fsp3) is 0.621. The number of aliphatic hydroxyl groups is 1. The maximum Gasteiger partial charge on any atom is 0.494 e. The first-order chi connectivity index (χ1) is 16.9. The summed E-state index contributed by atoms with van der Waals surface area (Å²) in [5, 5.41) is 11.4. The van der Waals surface area contributed by atoms with Gasteiger partial charge in [-0.3, -0.25) is 4.99 Å². The van der Waals surface area contributed by atoms with Crippen molar-refractivity contribution in [1.29, 1.82) is 0 Å². The number of benzene rings is 1. The second-order valence-corrected chi connectivity index (χ2v) is 12.0. The number of methoxy groups -OCH3 is 1. The number of ether oxygens (including phenoxy) is 1. The van der Waals surface area contributed by atoms with Crippen LogP contribution in [0.15, 0.2) is 28.9 Å². The summed E-state index contributed by atoms with van der Waals surface area (Å²) in [6.45, 7) is 17.8. The lowest BCUT2D eigenvalue weighted by atomic mass is 9.77. The molecule has 1 saturated heterocycles. The summed E-state index contributed by atoms with van der Waals surface area (Å²) in [6, 6.07) is 6.57. The highest BCUT2D eigenvalue weighted by Gasteiger charge is 2.51. The second kappa shape index (κ2) is 9.75. The Morgan fingerprint density at radius 2 is 1.86 bits per heavy atom. The summed E-state index contributed by atoms with van der Waals surface area (Å²) >= 11 is 0. The molecule has 1 atom stereocenters. The van der Waals surface area contributed by atoms with Gasteiger partial charge in [0.05, 0.1) is 28.7 Å². The molecular formula is C29H43BN2O4. The number of aryl methyl sites for hydroxylation is 1. The molecule has 1 N–H and O–H groups in total. The molecule has 1 aromatic heterocycles. The van der Waals surface area contributed by atoms with Gasteiger partial charge in [0.2, 0.25) is 0 Å². The number of aromatic nitrogens is 1. The highest BCUT2D eigenvalue weighted by atomic mass is 16.7. The molecule has 4 rings (SSSR count). The Kier molecular flexibility index (Phi) is 7.35. The molecule has 0 saturated carbocycles. The number of aliphatic hydroxyl groups excluding tert-OH is 1. The zero-order valence-electron chi connectivity index (χ0n) is 23.6. The van der Waals surface area contributed by atoms with Gasteiger partial charge in [-0.1, -0.05) is 26.0 Å². The first kappa shape index (κ1) is 27.1. The van der Waals surface area contributed by atoms with Crippen LogP contribution in [0.4, 0.5) is 0 Å². The summed E-state index contributed by atoms with van der Waals surface area (Å²) in [5.74, 6) is 0. The molecule has 0 spiro atoms. The molecule has 0 bridgehead atoms. The highest BCUT2D eigenvalue weighted by Crippen LogP contribution is 2.41. The zero-order chi connectivity index (χ0) is 26.5. The molecule has 1 aromatic carbocycles. The number of nitrogens with zero attached hydrogens (tertiary/aromatic N) is 2. The Morgan fingerprint density at radius 3 is 2.44 bits per heavy atom. The molecular weight excluding hydrogens is 451 g/mol. The van der Waals surface area contributed by atoms with Crippen molar-refractivity contribution in [3.63, 3.8) is 0 Å². The van der Waals surface area contributed by atoms with Crippen molar-refractivity contribution in [3.8, 4) is 0 Å². The number of aliphatic imine (C=N–C) groups is 1. The number of rotatable bonds is 8. The predicted octanol–water partition coefficient (Wildman–Crippen LogP) is 5.13. The molecule has 2 aliphatic heterocycles. The van der Waals surface area contributed by atoms with Gasteiger partial charge in [0.15, 0.2) is 0 Å². The minimum absolute atomic E-state index is 0.0983. The van der Waals surface area contributed by atoms with Crippen LogP contribution >= 0.6 is 0 Å². The molecule has 0 radical (unpaired) electrons. The molecule has 3 heterocycles. The highest BCUT2D eigenvalue weighted by molar-refractivity contribution is 6.62. The molecule has 6 nitrogen and oxygen atoms in total. The van der Waals surface area contributed by atoms with Crippen LogP contribution in [0.3, 0.4) is 0 Å². The standard InChI is InChI=1S/C29H43BN2O4/c1-10-32-24-14-13-20(30-35-28(5,6)29(7,8)36-30)16-22(24)23(17-27(3,4)18-33)26(32)21-12-11-15-31-25(21)19(2)34-9/h13-16,19,33H,10-12,17-18H2,1-9H3/t19-/m0/s1. The van der Waals surface area contributed by atoms with E-state index in [1.807, 2.05) is 6.21 Å². The van der Waals surface area contributed by atoms with E-state index in [0.29, 0.717) is 0 Å². The largest absolute Gasteiger partial charge is 0.494 e. The molecule has 0 unspecified atom stereocenters. The molecule has 7 heteroatoms. The molecule has 196 valence electrons. The van der Waals surface area contributed by atoms with Crippen LogP contribution in [0.1, 0.15) is 79.5 Å². The van der Waals surface area contributed by atoms with Crippen LogP contribution in [-0.2, 0) is 27.0 Å². The van der Waals surface area contributed by atoms with Crippen molar-refractivity contribution in [2.24, 2.45) is 10.4 Å². The van der Waals surface area contributed by atoms with Crippen LogP contribution in [0.5, 0.6) is 0 Å². The fourth-order valence-corrected chi connectivity index (χ4v) is 5.23. The van der Waals surface area contributed by atoms with Gasteiger partial charge in [0, 0.05) is 43.0 Å². The van der Waals surface area contributed by atoms with E-state index in [0.717, 1.165) is 37.0 Å². The lowest BCUT2D eigenvalue weighted by Crippen LogP contribution is -2.41. The van der Waals surface area contributed by atoms with Crippen LogP contribution in [0.25, 0.3) is 16.5 Å². The van der Waals surface area contributed by atoms with Gasteiger partial charge in [0.1, 0.15) is 0 Å². The maximum atomic E-state index is 10.2. The minimum atomic E-state index is -0.422. The van der Waals surface area contributed by atoms with E-state index in [1.165, 1.54) is 27.7 Å². The van der Waals surface area contributed by atoms with Gasteiger partial charge < -0.3 is 23.7 Å². The Labute approximate surface area is 216 Å². The van der Waals surface area contributed by atoms with Crippen molar-refractivity contribution >= 4 is 35.3 Å². The number of hydrogen-bond acceptors (Lipinski definition) is 5. The maximum absolute atomic E-state index is 10.2. The summed E-state index contributed by atoms with van der Waals surface area (Å²) in [7, 11) is 1.32. The second-order valence-electron chi connectivity index (χ2n) is 12.0. The minimum Gasteiger partial charge on any atom is -0.399 e. The van der Waals surface area contributed by atoms with Gasteiger partial charge in [-0.05, 0) is 83.3 Å². The lowest BCUT2D eigenvalue weighted by Gasteiger charge is -2.32. The average Bonchev–Trinajstić information content (AvgIpc) is 3.26. The molecule has 2 aliphatic rings. The van der Waals surface area contributed by atoms with Gasteiger partial charge in [-0.15, -0.1) is 0 Å².